The molecule has 10 aromatic carbocycles. The summed E-state index contributed by atoms with van der Waals surface area (Å²) in [4.78, 5) is 4.70. The first-order chi connectivity index (χ1) is 28.8. The Morgan fingerprint density at radius 3 is 0.862 bits per heavy atom. The van der Waals surface area contributed by atoms with Gasteiger partial charge in [-0.05, 0) is 128 Å². The van der Waals surface area contributed by atoms with Crippen LogP contribution in [0.25, 0.3) is 54.9 Å². The van der Waals surface area contributed by atoms with Crippen molar-refractivity contribution in [2.24, 2.45) is 0 Å². The molecule has 0 fully saturated rings. The highest BCUT2D eigenvalue weighted by atomic mass is 15.1. The van der Waals surface area contributed by atoms with E-state index in [4.69, 9.17) is 0 Å². The van der Waals surface area contributed by atoms with Gasteiger partial charge in [-0.1, -0.05) is 170 Å². The number of fused-ring (bicyclic) bond motifs is 2. The molecule has 0 bridgehead atoms. The molecule has 0 radical (unpaired) electrons. The summed E-state index contributed by atoms with van der Waals surface area (Å²) in [5, 5.41) is 4.87. The summed E-state index contributed by atoms with van der Waals surface area (Å²) in [5.74, 6) is 0. The van der Waals surface area contributed by atoms with Gasteiger partial charge in [0, 0.05) is 34.1 Å². The molecule has 10 rings (SSSR count). The lowest BCUT2D eigenvalue weighted by Crippen LogP contribution is -2.10. The van der Waals surface area contributed by atoms with Crippen LogP contribution in [0.3, 0.4) is 0 Å². The average Bonchev–Trinajstić information content (AvgIpc) is 3.30. The molecule has 2 nitrogen and oxygen atoms in total. The Bertz CT molecular complexity index is 2700. The van der Waals surface area contributed by atoms with Crippen molar-refractivity contribution in [3.05, 3.63) is 243 Å². The summed E-state index contributed by atoms with van der Waals surface area (Å²) in [6, 6.07) is 87.4. The van der Waals surface area contributed by atoms with Gasteiger partial charge >= 0.3 is 0 Å². The van der Waals surface area contributed by atoms with Crippen molar-refractivity contribution >= 4 is 55.7 Å². The van der Waals surface area contributed by atoms with Gasteiger partial charge in [-0.3, -0.25) is 0 Å². The Hall–Kier alpha value is -7.68. The Morgan fingerprint density at radius 1 is 0.190 bits per heavy atom. The van der Waals surface area contributed by atoms with Crippen molar-refractivity contribution in [2.45, 2.75) is 0 Å². The molecular weight excluding hydrogens is 701 g/mol. The van der Waals surface area contributed by atoms with E-state index in [1.54, 1.807) is 0 Å². The van der Waals surface area contributed by atoms with Gasteiger partial charge in [-0.15, -0.1) is 0 Å². The van der Waals surface area contributed by atoms with Gasteiger partial charge in [0.1, 0.15) is 0 Å². The van der Waals surface area contributed by atoms with Gasteiger partial charge < -0.3 is 9.80 Å². The van der Waals surface area contributed by atoms with Crippen molar-refractivity contribution in [1.29, 1.82) is 0 Å². The maximum Gasteiger partial charge on any atom is 0.0468 e. The highest BCUT2D eigenvalue weighted by Gasteiger charge is 2.22. The lowest BCUT2D eigenvalue weighted by atomic mass is 9.86. The van der Waals surface area contributed by atoms with Crippen LogP contribution in [0.4, 0.5) is 34.1 Å². The number of nitrogens with zero attached hydrogens (tertiary/aromatic N) is 2. The number of para-hydroxylation sites is 4. The smallest absolute Gasteiger partial charge is 0.0468 e. The topological polar surface area (TPSA) is 6.48 Å². The van der Waals surface area contributed by atoms with Crippen LogP contribution in [0.5, 0.6) is 0 Å². The van der Waals surface area contributed by atoms with Crippen LogP contribution in [0.2, 0.25) is 0 Å². The number of rotatable bonds is 9. The first kappa shape index (κ1) is 34.8. The van der Waals surface area contributed by atoms with E-state index in [2.05, 4.69) is 252 Å². The van der Waals surface area contributed by atoms with Crippen molar-refractivity contribution in [3.8, 4) is 33.4 Å². The SMILES string of the molecule is c1ccc(N(c2ccccc2)c2ccc(-c3ccc(N(c4ccccc4)c4ccccc4)cc3-c3cccc4ccccc34)c(-c3cccc4ccccc34)c2)cc1. The fourth-order valence-corrected chi connectivity index (χ4v) is 8.38. The molecule has 0 aliphatic heterocycles. The van der Waals surface area contributed by atoms with Crippen molar-refractivity contribution in [1.82, 2.24) is 0 Å². The second kappa shape index (κ2) is 15.5. The molecule has 0 spiro atoms. The van der Waals surface area contributed by atoms with E-state index in [9.17, 15) is 0 Å². The number of benzene rings is 10. The molecule has 0 unspecified atom stereocenters. The lowest BCUT2D eigenvalue weighted by Gasteiger charge is -2.28. The molecule has 0 amide bonds. The number of hydrogen-bond acceptors (Lipinski definition) is 2. The Morgan fingerprint density at radius 2 is 0.500 bits per heavy atom. The van der Waals surface area contributed by atoms with Crippen molar-refractivity contribution in [3.63, 3.8) is 0 Å². The predicted molar refractivity (Wildman–Crippen MR) is 247 cm³/mol. The molecule has 0 N–H and O–H groups in total. The fourth-order valence-electron chi connectivity index (χ4n) is 8.38. The zero-order valence-electron chi connectivity index (χ0n) is 32.0. The maximum absolute atomic E-state index is 2.39. The standard InChI is InChI=1S/C56H40N2/c1-5-23-43(24-6-1)57(44-25-7-2-8-26-44)47-35-37-53(55(39-47)51-33-17-21-41-19-13-15-31-49(41)51)54-38-36-48(40-56(54)52-34-18-22-42-20-14-16-32-50(42)52)58(45-27-9-3-10-28-45)46-29-11-4-12-30-46/h1-40H. The normalized spacial score (nSPS) is 11.1. The van der Waals surface area contributed by atoms with Crippen LogP contribution in [0.1, 0.15) is 0 Å². The minimum absolute atomic E-state index is 1.09. The van der Waals surface area contributed by atoms with Crippen LogP contribution in [0.15, 0.2) is 243 Å². The third-order valence-corrected chi connectivity index (χ3v) is 11.0. The predicted octanol–water partition coefficient (Wildman–Crippen LogP) is 15.9. The zero-order chi connectivity index (χ0) is 38.7. The first-order valence-electron chi connectivity index (χ1n) is 19.9. The Labute approximate surface area is 340 Å². The summed E-state index contributed by atoms with van der Waals surface area (Å²) in [6.07, 6.45) is 0. The quantitative estimate of drug-likeness (QED) is 0.145. The zero-order valence-corrected chi connectivity index (χ0v) is 32.0. The van der Waals surface area contributed by atoms with Gasteiger partial charge in [-0.25, -0.2) is 0 Å². The van der Waals surface area contributed by atoms with Crippen LogP contribution in [-0.2, 0) is 0 Å². The second-order valence-corrected chi connectivity index (χ2v) is 14.5. The summed E-state index contributed by atoms with van der Waals surface area (Å²) in [5.41, 5.74) is 13.7. The number of hydrogen-bond donors (Lipinski definition) is 0. The fraction of sp³-hybridized carbons (Fsp3) is 0. The largest absolute Gasteiger partial charge is 0.310 e. The van der Waals surface area contributed by atoms with E-state index >= 15 is 0 Å². The molecule has 0 saturated carbocycles. The summed E-state index contributed by atoms with van der Waals surface area (Å²) >= 11 is 0. The van der Waals surface area contributed by atoms with Crippen LogP contribution < -0.4 is 9.80 Å². The van der Waals surface area contributed by atoms with Gasteiger partial charge in [0.2, 0.25) is 0 Å². The highest BCUT2D eigenvalue weighted by molar-refractivity contribution is 6.06. The van der Waals surface area contributed by atoms with Crippen LogP contribution in [-0.4, -0.2) is 0 Å². The summed E-state index contributed by atoms with van der Waals surface area (Å²) < 4.78 is 0. The minimum atomic E-state index is 1.09. The van der Waals surface area contributed by atoms with E-state index in [1.165, 1.54) is 54.9 Å². The van der Waals surface area contributed by atoms with Crippen LogP contribution >= 0.6 is 0 Å². The van der Waals surface area contributed by atoms with E-state index in [-0.39, 0.29) is 0 Å². The molecule has 0 atom stereocenters. The molecule has 0 aliphatic rings. The lowest BCUT2D eigenvalue weighted by molar-refractivity contribution is 1.28. The Balaban J connectivity index is 1.26. The highest BCUT2D eigenvalue weighted by Crippen LogP contribution is 2.47. The maximum atomic E-state index is 2.39. The van der Waals surface area contributed by atoms with E-state index < -0.39 is 0 Å². The van der Waals surface area contributed by atoms with Gasteiger partial charge in [0.15, 0.2) is 0 Å². The molecule has 0 aromatic heterocycles. The third-order valence-electron chi connectivity index (χ3n) is 11.0. The monoisotopic (exact) mass is 740 g/mol. The summed E-state index contributed by atoms with van der Waals surface area (Å²) in [7, 11) is 0. The van der Waals surface area contributed by atoms with Crippen molar-refractivity contribution < 1.29 is 0 Å². The van der Waals surface area contributed by atoms with Gasteiger partial charge in [-0.2, -0.15) is 0 Å². The number of anilines is 6. The first-order valence-corrected chi connectivity index (χ1v) is 19.9. The minimum Gasteiger partial charge on any atom is -0.310 e. The molecule has 2 heteroatoms. The van der Waals surface area contributed by atoms with E-state index in [1.807, 2.05) is 0 Å². The second-order valence-electron chi connectivity index (χ2n) is 14.5. The third kappa shape index (κ3) is 6.57. The Kier molecular flexibility index (Phi) is 9.27. The molecule has 0 saturated heterocycles. The molecule has 10 aromatic rings. The van der Waals surface area contributed by atoms with Crippen LogP contribution in [0, 0.1) is 0 Å². The molecular formula is C56H40N2. The molecule has 274 valence electrons. The molecule has 0 aliphatic carbocycles. The summed E-state index contributed by atoms with van der Waals surface area (Å²) in [6.45, 7) is 0. The molecule has 58 heavy (non-hydrogen) atoms. The van der Waals surface area contributed by atoms with Crippen molar-refractivity contribution in [2.75, 3.05) is 9.80 Å². The van der Waals surface area contributed by atoms with Gasteiger partial charge in [0.25, 0.3) is 0 Å². The van der Waals surface area contributed by atoms with Gasteiger partial charge in [0.05, 0.1) is 0 Å². The average molecular weight is 741 g/mol. The molecule has 0 heterocycles. The van der Waals surface area contributed by atoms with E-state index in [0.717, 1.165) is 34.1 Å². The van der Waals surface area contributed by atoms with E-state index in [0.29, 0.717) is 0 Å².